The van der Waals surface area contributed by atoms with Crippen molar-refractivity contribution >= 4 is 11.1 Å². The average Bonchev–Trinajstić information content (AvgIpc) is 3.40. The first-order chi connectivity index (χ1) is 16.4. The van der Waals surface area contributed by atoms with Gasteiger partial charge in [-0.05, 0) is 46.3 Å². The number of alkyl halides is 6. The number of benzene rings is 2. The summed E-state index contributed by atoms with van der Waals surface area (Å²) in [6.45, 7) is 3.51. The van der Waals surface area contributed by atoms with Gasteiger partial charge in [0.05, 0.1) is 0 Å². The molecule has 0 spiro atoms. The van der Waals surface area contributed by atoms with Gasteiger partial charge in [0, 0.05) is 22.0 Å². The van der Waals surface area contributed by atoms with Gasteiger partial charge < -0.3 is 0 Å². The maximum Gasteiger partial charge on any atom is 0.380 e. The van der Waals surface area contributed by atoms with Gasteiger partial charge in [-0.3, -0.25) is 0 Å². The summed E-state index contributed by atoms with van der Waals surface area (Å²) in [6, 6.07) is 18.1. The molecule has 35 heavy (non-hydrogen) atoms. The molecule has 0 aliphatic heterocycles. The second-order valence-electron chi connectivity index (χ2n) is 10.4. The summed E-state index contributed by atoms with van der Waals surface area (Å²) in [6.07, 6.45) is 3.48. The van der Waals surface area contributed by atoms with E-state index in [0.29, 0.717) is 11.1 Å². The molecule has 0 heterocycles. The summed E-state index contributed by atoms with van der Waals surface area (Å²) in [4.78, 5) is 0. The molecule has 1 saturated carbocycles. The predicted molar refractivity (Wildman–Crippen MR) is 123 cm³/mol. The van der Waals surface area contributed by atoms with Crippen LogP contribution >= 0.6 is 0 Å². The quantitative estimate of drug-likeness (QED) is 0.375. The Morgan fingerprint density at radius 2 is 0.886 bits per heavy atom. The summed E-state index contributed by atoms with van der Waals surface area (Å²) in [7, 11) is 0. The monoisotopic (exact) mass is 484 g/mol. The molecule has 2 atom stereocenters. The van der Waals surface area contributed by atoms with Crippen LogP contribution in [0.5, 0.6) is 0 Å². The van der Waals surface area contributed by atoms with Gasteiger partial charge in [0.1, 0.15) is 0 Å². The fraction of sp³-hybridized carbons (Fsp3) is 0.310. The largest absolute Gasteiger partial charge is 0.380 e. The van der Waals surface area contributed by atoms with Crippen molar-refractivity contribution in [3.8, 4) is 0 Å². The molecule has 0 aromatic heterocycles. The number of rotatable bonds is 2. The second-order valence-corrected chi connectivity index (χ2v) is 10.4. The highest BCUT2D eigenvalue weighted by Crippen LogP contribution is 2.75. The molecule has 6 heteroatoms. The van der Waals surface area contributed by atoms with E-state index in [2.05, 4.69) is 0 Å². The molecule has 0 nitrogen and oxygen atoms in total. The predicted octanol–water partition coefficient (Wildman–Crippen LogP) is 8.50. The third-order valence-corrected chi connectivity index (χ3v) is 8.63. The average molecular weight is 484 g/mol. The maximum atomic E-state index is 15.3. The van der Waals surface area contributed by atoms with Gasteiger partial charge in [-0.1, -0.05) is 86.7 Å². The van der Waals surface area contributed by atoms with Gasteiger partial charge in [0.2, 0.25) is 0 Å². The Balaban J connectivity index is 1.68. The molecule has 1 fully saturated rings. The molecule has 2 aromatic rings. The Kier molecular flexibility index (Phi) is 4.23. The van der Waals surface area contributed by atoms with Crippen molar-refractivity contribution in [1.82, 2.24) is 0 Å². The van der Waals surface area contributed by atoms with Gasteiger partial charge in [0.25, 0.3) is 0 Å². The highest BCUT2D eigenvalue weighted by Gasteiger charge is 2.84. The third kappa shape index (κ3) is 2.50. The van der Waals surface area contributed by atoms with Crippen LogP contribution in [0, 0.1) is 10.8 Å². The smallest absolute Gasteiger partial charge is 0.194 e. The Bertz CT molecular complexity index is 1270. The molecule has 180 valence electrons. The zero-order chi connectivity index (χ0) is 25.0. The van der Waals surface area contributed by atoms with E-state index < -0.39 is 39.7 Å². The molecule has 0 unspecified atom stereocenters. The molecular formula is C29H22F6. The lowest BCUT2D eigenvalue weighted by molar-refractivity contribution is -0.258. The topological polar surface area (TPSA) is 0 Å². The first kappa shape index (κ1) is 22.4. The van der Waals surface area contributed by atoms with Crippen molar-refractivity contribution in [2.75, 3.05) is 0 Å². The van der Waals surface area contributed by atoms with Crippen molar-refractivity contribution in [3.05, 3.63) is 106 Å². The van der Waals surface area contributed by atoms with Gasteiger partial charge in [0.15, 0.2) is 0 Å². The lowest BCUT2D eigenvalue weighted by Crippen LogP contribution is -2.47. The Morgan fingerprint density at radius 1 is 0.543 bits per heavy atom. The van der Waals surface area contributed by atoms with E-state index in [0.717, 1.165) is 11.1 Å². The minimum absolute atomic E-state index is 0.0952. The minimum atomic E-state index is -5.52. The van der Waals surface area contributed by atoms with Crippen LogP contribution in [-0.4, -0.2) is 17.8 Å². The molecule has 2 aromatic carbocycles. The maximum absolute atomic E-state index is 15.3. The van der Waals surface area contributed by atoms with Gasteiger partial charge in [-0.25, -0.2) is 0 Å². The SMILES string of the molecule is C[C@@]12CC(c3ccccc3)=CC1=C1C(=C3C=C(c4ccccc4)C[C@]32C)C(F)(F)C(F)(F)C1(F)F. The van der Waals surface area contributed by atoms with Crippen molar-refractivity contribution in [1.29, 1.82) is 0 Å². The lowest BCUT2D eigenvalue weighted by atomic mass is 9.54. The van der Waals surface area contributed by atoms with Crippen LogP contribution in [0.15, 0.2) is 95.1 Å². The molecule has 0 N–H and O–H groups in total. The van der Waals surface area contributed by atoms with E-state index in [-0.39, 0.29) is 24.0 Å². The fourth-order valence-corrected chi connectivity index (χ4v) is 6.51. The molecular weight excluding hydrogens is 462 g/mol. The highest BCUT2D eigenvalue weighted by molar-refractivity contribution is 5.83. The van der Waals surface area contributed by atoms with E-state index in [1.165, 1.54) is 12.2 Å². The van der Waals surface area contributed by atoms with E-state index in [4.69, 9.17) is 0 Å². The molecule has 0 radical (unpaired) electrons. The first-order valence-corrected chi connectivity index (χ1v) is 11.5. The minimum Gasteiger partial charge on any atom is -0.194 e. The molecule has 0 saturated heterocycles. The van der Waals surface area contributed by atoms with Crippen molar-refractivity contribution < 1.29 is 26.3 Å². The number of halogens is 6. The second kappa shape index (κ2) is 6.59. The van der Waals surface area contributed by atoms with Crippen LogP contribution in [0.1, 0.15) is 37.8 Å². The lowest BCUT2D eigenvalue weighted by Gasteiger charge is -2.49. The van der Waals surface area contributed by atoms with E-state index >= 15 is 17.6 Å². The number of allylic oxidation sites excluding steroid dienone is 8. The molecule has 0 amide bonds. The van der Waals surface area contributed by atoms with Gasteiger partial charge in [-0.15, -0.1) is 0 Å². The Labute approximate surface area is 199 Å². The van der Waals surface area contributed by atoms with Crippen LogP contribution in [0.4, 0.5) is 26.3 Å². The summed E-state index contributed by atoms with van der Waals surface area (Å²) in [5.74, 6) is -15.5. The fourth-order valence-electron chi connectivity index (χ4n) is 6.51. The Hall–Kier alpha value is -3.02. The standard InChI is InChI=1S/C29H22F6/c1-25-15-19(17-9-5-3-6-10-17)13-21(25)23-24(28(32,33)29(34,35)27(23,30)31)22-14-20(16-26(22,25)2)18-11-7-4-8-12-18/h3-14H,15-16H2,1-2H3/t25-,26-/m1/s1. The molecule has 6 rings (SSSR count). The van der Waals surface area contributed by atoms with E-state index in [9.17, 15) is 8.78 Å². The van der Waals surface area contributed by atoms with Gasteiger partial charge >= 0.3 is 17.8 Å². The summed E-state index contributed by atoms with van der Waals surface area (Å²) < 4.78 is 90.9. The van der Waals surface area contributed by atoms with Crippen LogP contribution in [0.2, 0.25) is 0 Å². The van der Waals surface area contributed by atoms with Crippen LogP contribution in [0.3, 0.4) is 0 Å². The Morgan fingerprint density at radius 3 is 1.23 bits per heavy atom. The number of fused-ring (bicyclic) bond motifs is 4. The molecule has 4 aliphatic rings. The normalized spacial score (nSPS) is 31.7. The van der Waals surface area contributed by atoms with Crippen LogP contribution in [-0.2, 0) is 0 Å². The third-order valence-electron chi connectivity index (χ3n) is 8.63. The van der Waals surface area contributed by atoms with Crippen LogP contribution < -0.4 is 0 Å². The summed E-state index contributed by atoms with van der Waals surface area (Å²) >= 11 is 0. The zero-order valence-corrected chi connectivity index (χ0v) is 19.1. The van der Waals surface area contributed by atoms with E-state index in [1.807, 2.05) is 36.4 Å². The van der Waals surface area contributed by atoms with Crippen molar-refractivity contribution in [2.45, 2.75) is 44.5 Å². The van der Waals surface area contributed by atoms with Crippen molar-refractivity contribution in [3.63, 3.8) is 0 Å². The number of hydrogen-bond acceptors (Lipinski definition) is 0. The molecule has 0 bridgehead atoms. The highest BCUT2D eigenvalue weighted by atomic mass is 19.3. The van der Waals surface area contributed by atoms with E-state index in [1.54, 1.807) is 38.1 Å². The van der Waals surface area contributed by atoms with Gasteiger partial charge in [-0.2, -0.15) is 26.3 Å². The summed E-state index contributed by atoms with van der Waals surface area (Å²) in [5, 5.41) is 0. The zero-order valence-electron chi connectivity index (χ0n) is 19.1. The molecule has 4 aliphatic carbocycles. The summed E-state index contributed by atoms with van der Waals surface area (Å²) in [5.41, 5.74) is -1.84. The van der Waals surface area contributed by atoms with Crippen molar-refractivity contribution in [2.24, 2.45) is 10.8 Å². The number of hydrogen-bond donors (Lipinski definition) is 0. The van der Waals surface area contributed by atoms with Crippen LogP contribution in [0.25, 0.3) is 11.1 Å². The first-order valence-electron chi connectivity index (χ1n) is 11.5.